The molecule has 0 atom stereocenters. The molecule has 1 aromatic heterocycles. The van der Waals surface area contributed by atoms with Crippen molar-refractivity contribution in [3.8, 4) is 17.0 Å². The second-order valence-electron chi connectivity index (χ2n) is 3.79. The highest BCUT2D eigenvalue weighted by Gasteiger charge is 2.13. The van der Waals surface area contributed by atoms with E-state index < -0.39 is 0 Å². The van der Waals surface area contributed by atoms with Crippen molar-refractivity contribution >= 4 is 0 Å². The normalized spacial score (nSPS) is 10.3. The SMILES string of the molecule is C=CCn1nnc(CN)c1-c1cccc(OC)c1. The number of hydrogen-bond donors (Lipinski definition) is 1. The molecule has 1 heterocycles. The van der Waals surface area contributed by atoms with Gasteiger partial charge < -0.3 is 10.5 Å². The van der Waals surface area contributed by atoms with E-state index in [-0.39, 0.29) is 0 Å². The fraction of sp³-hybridized carbons (Fsp3) is 0.231. The molecule has 0 radical (unpaired) electrons. The van der Waals surface area contributed by atoms with Gasteiger partial charge in [-0.1, -0.05) is 23.4 Å². The lowest BCUT2D eigenvalue weighted by atomic mass is 10.1. The number of allylic oxidation sites excluding steroid dienone is 1. The first-order valence-electron chi connectivity index (χ1n) is 5.68. The number of hydrogen-bond acceptors (Lipinski definition) is 4. The summed E-state index contributed by atoms with van der Waals surface area (Å²) in [6.45, 7) is 4.66. The van der Waals surface area contributed by atoms with Gasteiger partial charge in [0.25, 0.3) is 0 Å². The molecule has 94 valence electrons. The van der Waals surface area contributed by atoms with Crippen molar-refractivity contribution in [2.24, 2.45) is 5.73 Å². The number of benzene rings is 1. The van der Waals surface area contributed by atoms with Gasteiger partial charge in [-0.3, -0.25) is 0 Å². The highest BCUT2D eigenvalue weighted by molar-refractivity contribution is 5.63. The molecule has 0 aliphatic carbocycles. The Balaban J connectivity index is 2.52. The average molecular weight is 244 g/mol. The van der Waals surface area contributed by atoms with Gasteiger partial charge in [0, 0.05) is 12.1 Å². The van der Waals surface area contributed by atoms with Crippen LogP contribution in [0.4, 0.5) is 0 Å². The maximum absolute atomic E-state index is 5.70. The molecule has 2 rings (SSSR count). The van der Waals surface area contributed by atoms with Crippen molar-refractivity contribution in [2.75, 3.05) is 7.11 Å². The Morgan fingerprint density at radius 1 is 1.50 bits per heavy atom. The number of rotatable bonds is 5. The third kappa shape index (κ3) is 2.26. The van der Waals surface area contributed by atoms with E-state index in [1.165, 1.54) is 0 Å². The van der Waals surface area contributed by atoms with E-state index in [4.69, 9.17) is 10.5 Å². The first kappa shape index (κ1) is 12.3. The minimum atomic E-state index is 0.351. The van der Waals surface area contributed by atoms with Gasteiger partial charge in [0.15, 0.2) is 0 Å². The van der Waals surface area contributed by atoms with Crippen LogP contribution in [0.1, 0.15) is 5.69 Å². The first-order chi connectivity index (χ1) is 8.80. The molecule has 5 nitrogen and oxygen atoms in total. The summed E-state index contributed by atoms with van der Waals surface area (Å²) < 4.78 is 7.01. The number of nitrogens with two attached hydrogens (primary N) is 1. The molecule has 0 fully saturated rings. The molecule has 2 N–H and O–H groups in total. The predicted octanol–water partition coefficient (Wildman–Crippen LogP) is 1.60. The summed E-state index contributed by atoms with van der Waals surface area (Å²) in [5, 5.41) is 8.17. The zero-order valence-corrected chi connectivity index (χ0v) is 10.3. The van der Waals surface area contributed by atoms with Crippen molar-refractivity contribution in [1.29, 1.82) is 0 Å². The van der Waals surface area contributed by atoms with Gasteiger partial charge in [0.2, 0.25) is 0 Å². The molecule has 18 heavy (non-hydrogen) atoms. The lowest BCUT2D eigenvalue weighted by Gasteiger charge is -2.07. The molecule has 0 saturated heterocycles. The van der Waals surface area contributed by atoms with Gasteiger partial charge in [0.05, 0.1) is 19.3 Å². The van der Waals surface area contributed by atoms with E-state index in [0.29, 0.717) is 13.1 Å². The van der Waals surface area contributed by atoms with Gasteiger partial charge in [0.1, 0.15) is 11.4 Å². The van der Waals surface area contributed by atoms with Gasteiger partial charge in [-0.2, -0.15) is 0 Å². The Hall–Kier alpha value is -2.14. The largest absolute Gasteiger partial charge is 0.497 e. The van der Waals surface area contributed by atoms with E-state index in [9.17, 15) is 0 Å². The van der Waals surface area contributed by atoms with Crippen molar-refractivity contribution in [2.45, 2.75) is 13.1 Å². The van der Waals surface area contributed by atoms with Crippen LogP contribution in [0.25, 0.3) is 11.3 Å². The van der Waals surface area contributed by atoms with Crippen LogP contribution in [-0.2, 0) is 13.1 Å². The summed E-state index contributed by atoms with van der Waals surface area (Å²) >= 11 is 0. The van der Waals surface area contributed by atoms with Crippen LogP contribution in [0.5, 0.6) is 5.75 Å². The highest BCUT2D eigenvalue weighted by atomic mass is 16.5. The first-order valence-corrected chi connectivity index (χ1v) is 5.68. The van der Waals surface area contributed by atoms with E-state index in [1.54, 1.807) is 17.9 Å². The Kier molecular flexibility index (Phi) is 3.74. The van der Waals surface area contributed by atoms with Gasteiger partial charge in [-0.15, -0.1) is 11.7 Å². The van der Waals surface area contributed by atoms with Crippen molar-refractivity contribution in [1.82, 2.24) is 15.0 Å². The van der Waals surface area contributed by atoms with Gasteiger partial charge >= 0.3 is 0 Å². The molecule has 0 amide bonds. The lowest BCUT2D eigenvalue weighted by Crippen LogP contribution is -2.03. The van der Waals surface area contributed by atoms with Crippen LogP contribution in [0.15, 0.2) is 36.9 Å². The highest BCUT2D eigenvalue weighted by Crippen LogP contribution is 2.25. The summed E-state index contributed by atoms with van der Waals surface area (Å²) in [6.07, 6.45) is 1.78. The standard InChI is InChI=1S/C13H16N4O/c1-3-7-17-13(12(9-14)15-16-17)10-5-4-6-11(8-10)18-2/h3-6,8H,1,7,9,14H2,2H3. The molecule has 5 heteroatoms. The Labute approximate surface area is 106 Å². The van der Waals surface area contributed by atoms with Crippen LogP contribution in [0.3, 0.4) is 0 Å². The fourth-order valence-corrected chi connectivity index (χ4v) is 1.82. The van der Waals surface area contributed by atoms with Crippen molar-refractivity contribution < 1.29 is 4.74 Å². The molecular formula is C13H16N4O. The molecule has 1 aromatic carbocycles. The molecule has 0 unspecified atom stereocenters. The smallest absolute Gasteiger partial charge is 0.119 e. The summed E-state index contributed by atoms with van der Waals surface area (Å²) in [5.74, 6) is 0.793. The summed E-state index contributed by atoms with van der Waals surface area (Å²) in [5.41, 5.74) is 8.36. The van der Waals surface area contributed by atoms with Gasteiger partial charge in [-0.05, 0) is 12.1 Å². The molecular weight excluding hydrogens is 228 g/mol. The Morgan fingerprint density at radius 3 is 3.00 bits per heavy atom. The van der Waals surface area contributed by atoms with Crippen LogP contribution in [-0.4, -0.2) is 22.1 Å². The van der Waals surface area contributed by atoms with Crippen LogP contribution in [0, 0.1) is 0 Å². The second-order valence-corrected chi connectivity index (χ2v) is 3.79. The summed E-state index contributed by atoms with van der Waals surface area (Å²) in [4.78, 5) is 0. The molecule has 2 aromatic rings. The van der Waals surface area contributed by atoms with Crippen LogP contribution in [0.2, 0.25) is 0 Å². The molecule has 0 saturated carbocycles. The molecule has 0 bridgehead atoms. The van der Waals surface area contributed by atoms with Crippen LogP contribution >= 0.6 is 0 Å². The number of nitrogens with zero attached hydrogens (tertiary/aromatic N) is 3. The second kappa shape index (κ2) is 5.46. The number of ether oxygens (including phenoxy) is 1. The third-order valence-corrected chi connectivity index (χ3v) is 2.64. The zero-order valence-electron chi connectivity index (χ0n) is 10.3. The van der Waals surface area contributed by atoms with E-state index in [1.807, 2.05) is 24.3 Å². The maximum atomic E-state index is 5.70. The van der Waals surface area contributed by atoms with E-state index >= 15 is 0 Å². The molecule has 0 aliphatic rings. The molecule has 0 aliphatic heterocycles. The quantitative estimate of drug-likeness (QED) is 0.811. The van der Waals surface area contributed by atoms with Gasteiger partial charge in [-0.25, -0.2) is 4.68 Å². The number of methoxy groups -OCH3 is 1. The maximum Gasteiger partial charge on any atom is 0.119 e. The minimum Gasteiger partial charge on any atom is -0.497 e. The van der Waals surface area contributed by atoms with E-state index in [0.717, 1.165) is 22.7 Å². The zero-order chi connectivity index (χ0) is 13.0. The fourth-order valence-electron chi connectivity index (χ4n) is 1.82. The predicted molar refractivity (Wildman–Crippen MR) is 70.1 cm³/mol. The lowest BCUT2D eigenvalue weighted by molar-refractivity contribution is 0.415. The summed E-state index contributed by atoms with van der Waals surface area (Å²) in [7, 11) is 1.64. The number of aromatic nitrogens is 3. The average Bonchev–Trinajstić information content (AvgIpc) is 2.82. The summed E-state index contributed by atoms with van der Waals surface area (Å²) in [6, 6.07) is 7.75. The van der Waals surface area contributed by atoms with E-state index in [2.05, 4.69) is 16.9 Å². The third-order valence-electron chi connectivity index (χ3n) is 2.64. The monoisotopic (exact) mass is 244 g/mol. The topological polar surface area (TPSA) is 66.0 Å². The Bertz CT molecular complexity index is 548. The van der Waals surface area contributed by atoms with Crippen molar-refractivity contribution in [3.63, 3.8) is 0 Å². The van der Waals surface area contributed by atoms with Crippen LogP contribution < -0.4 is 10.5 Å². The van der Waals surface area contributed by atoms with Crippen molar-refractivity contribution in [3.05, 3.63) is 42.6 Å². The Morgan fingerprint density at radius 2 is 2.33 bits per heavy atom. The molecule has 0 spiro atoms. The minimum absolute atomic E-state index is 0.351.